The first-order valence-electron chi connectivity index (χ1n) is 7.80. The maximum Gasteiger partial charge on any atom is 0.159 e. The molecule has 2 aromatic rings. The highest BCUT2D eigenvalue weighted by Crippen LogP contribution is 2.35. The van der Waals surface area contributed by atoms with Crippen molar-refractivity contribution in [2.45, 2.75) is 38.5 Å². The Morgan fingerprint density at radius 1 is 1.04 bits per heavy atom. The van der Waals surface area contributed by atoms with Crippen molar-refractivity contribution in [2.75, 3.05) is 0 Å². The second-order valence-electron chi connectivity index (χ2n) is 6.22. The van der Waals surface area contributed by atoms with Gasteiger partial charge < -0.3 is 0 Å². The monoisotopic (exact) mass is 313 g/mol. The number of nitrogens with zero attached hydrogens (tertiary/aromatic N) is 3. The minimum Gasteiger partial charge on any atom is -0.236 e. The van der Waals surface area contributed by atoms with Gasteiger partial charge in [-0.25, -0.2) is 18.7 Å². The lowest BCUT2D eigenvalue weighted by atomic mass is 9.80. The first-order chi connectivity index (χ1) is 11.1. The van der Waals surface area contributed by atoms with Gasteiger partial charge in [0.1, 0.15) is 23.3 Å². The Morgan fingerprint density at radius 3 is 2.13 bits per heavy atom. The largest absolute Gasteiger partial charge is 0.236 e. The molecule has 118 valence electrons. The molecule has 1 aliphatic carbocycles. The van der Waals surface area contributed by atoms with Crippen LogP contribution in [-0.4, -0.2) is 9.97 Å². The third-order valence-corrected chi connectivity index (χ3v) is 4.57. The van der Waals surface area contributed by atoms with Crippen molar-refractivity contribution in [3.63, 3.8) is 0 Å². The van der Waals surface area contributed by atoms with Gasteiger partial charge in [-0.05, 0) is 42.4 Å². The Bertz CT molecular complexity index is 719. The molecule has 1 aromatic heterocycles. The number of hydrogen-bond acceptors (Lipinski definition) is 3. The molecule has 0 amide bonds. The molecule has 0 atom stereocenters. The van der Waals surface area contributed by atoms with Crippen LogP contribution >= 0.6 is 0 Å². The Labute approximate surface area is 134 Å². The summed E-state index contributed by atoms with van der Waals surface area (Å²) in [4.78, 5) is 8.51. The molecule has 5 heteroatoms. The molecular formula is C18H17F2N3. The van der Waals surface area contributed by atoms with Crippen molar-refractivity contribution >= 4 is 0 Å². The van der Waals surface area contributed by atoms with Gasteiger partial charge in [-0.2, -0.15) is 5.26 Å². The van der Waals surface area contributed by atoms with Crippen LogP contribution in [0.25, 0.3) is 11.4 Å². The van der Waals surface area contributed by atoms with Crippen molar-refractivity contribution < 1.29 is 8.78 Å². The van der Waals surface area contributed by atoms with Gasteiger partial charge in [-0.1, -0.05) is 19.8 Å². The fraction of sp³-hybridized carbons (Fsp3) is 0.389. The van der Waals surface area contributed by atoms with Gasteiger partial charge in [0.2, 0.25) is 0 Å². The zero-order valence-electron chi connectivity index (χ0n) is 12.9. The highest BCUT2D eigenvalue weighted by atomic mass is 19.1. The lowest BCUT2D eigenvalue weighted by Crippen LogP contribution is -2.11. The van der Waals surface area contributed by atoms with E-state index in [1.54, 1.807) is 12.4 Å². The topological polar surface area (TPSA) is 49.6 Å². The van der Waals surface area contributed by atoms with Crippen LogP contribution in [0.1, 0.15) is 49.7 Å². The quantitative estimate of drug-likeness (QED) is 0.815. The van der Waals surface area contributed by atoms with Crippen LogP contribution in [0.4, 0.5) is 8.78 Å². The van der Waals surface area contributed by atoms with Gasteiger partial charge in [0.05, 0.1) is 0 Å². The Hall–Kier alpha value is -2.35. The van der Waals surface area contributed by atoms with E-state index in [1.807, 2.05) is 0 Å². The average Bonchev–Trinajstić information content (AvgIpc) is 2.55. The molecule has 23 heavy (non-hydrogen) atoms. The highest BCUT2D eigenvalue weighted by Gasteiger charge is 2.20. The maximum absolute atomic E-state index is 13.7. The summed E-state index contributed by atoms with van der Waals surface area (Å²) in [5, 5.41) is 8.70. The van der Waals surface area contributed by atoms with E-state index >= 15 is 0 Å². The van der Waals surface area contributed by atoms with Crippen LogP contribution in [0.2, 0.25) is 0 Å². The minimum atomic E-state index is -0.892. The lowest BCUT2D eigenvalue weighted by Gasteiger charge is -2.25. The van der Waals surface area contributed by atoms with Gasteiger partial charge >= 0.3 is 0 Å². The normalized spacial score (nSPS) is 21.0. The van der Waals surface area contributed by atoms with Crippen LogP contribution in [0.15, 0.2) is 24.5 Å². The summed E-state index contributed by atoms with van der Waals surface area (Å²) in [6, 6.07) is 3.70. The highest BCUT2D eigenvalue weighted by molar-refractivity contribution is 5.57. The first-order valence-corrected chi connectivity index (χ1v) is 7.80. The van der Waals surface area contributed by atoms with E-state index < -0.39 is 17.2 Å². The number of aromatic nitrogens is 2. The summed E-state index contributed by atoms with van der Waals surface area (Å²) in [6.07, 6.45) is 8.17. The molecule has 0 aliphatic heterocycles. The van der Waals surface area contributed by atoms with Gasteiger partial charge in [0.15, 0.2) is 5.82 Å². The predicted octanol–water partition coefficient (Wildman–Crippen LogP) is 4.59. The second-order valence-corrected chi connectivity index (χ2v) is 6.22. The summed E-state index contributed by atoms with van der Waals surface area (Å²) in [7, 11) is 0. The summed E-state index contributed by atoms with van der Waals surface area (Å²) in [5.74, 6) is -0.279. The predicted molar refractivity (Wildman–Crippen MR) is 82.5 cm³/mol. The Balaban J connectivity index is 1.84. The van der Waals surface area contributed by atoms with Crippen LogP contribution < -0.4 is 0 Å². The maximum atomic E-state index is 13.7. The minimum absolute atomic E-state index is 0.239. The van der Waals surface area contributed by atoms with E-state index in [2.05, 4.69) is 16.9 Å². The van der Waals surface area contributed by atoms with E-state index in [9.17, 15) is 8.78 Å². The van der Waals surface area contributed by atoms with Crippen molar-refractivity contribution in [3.8, 4) is 17.5 Å². The van der Waals surface area contributed by atoms with Crippen molar-refractivity contribution in [2.24, 2.45) is 5.92 Å². The number of nitriles is 1. The van der Waals surface area contributed by atoms with E-state index in [4.69, 9.17) is 5.26 Å². The summed E-state index contributed by atoms with van der Waals surface area (Å²) < 4.78 is 27.4. The standard InChI is InChI=1S/C18H17F2N3/c1-11-2-4-12(5-3-11)14-9-22-18(23-10-14)13-6-16(19)15(8-21)17(20)7-13/h6-7,9-12H,2-5H2,1H3. The summed E-state index contributed by atoms with van der Waals surface area (Å²) >= 11 is 0. The van der Waals surface area contributed by atoms with E-state index in [0.717, 1.165) is 36.5 Å². The SMILES string of the molecule is CC1CCC(c2cnc(-c3cc(F)c(C#N)c(F)c3)nc2)CC1. The molecule has 3 nitrogen and oxygen atoms in total. The van der Waals surface area contributed by atoms with E-state index in [0.29, 0.717) is 5.92 Å². The third-order valence-electron chi connectivity index (χ3n) is 4.57. The smallest absolute Gasteiger partial charge is 0.159 e. The molecule has 0 N–H and O–H groups in total. The molecule has 1 aromatic carbocycles. The van der Waals surface area contributed by atoms with Crippen LogP contribution in [0, 0.1) is 28.9 Å². The van der Waals surface area contributed by atoms with Crippen molar-refractivity contribution in [1.82, 2.24) is 9.97 Å². The van der Waals surface area contributed by atoms with Crippen LogP contribution in [-0.2, 0) is 0 Å². The van der Waals surface area contributed by atoms with Crippen molar-refractivity contribution in [1.29, 1.82) is 5.26 Å². The number of halogens is 2. The van der Waals surface area contributed by atoms with Crippen LogP contribution in [0.3, 0.4) is 0 Å². The Morgan fingerprint density at radius 2 is 1.61 bits per heavy atom. The molecule has 0 spiro atoms. The number of rotatable bonds is 2. The first kappa shape index (κ1) is 15.5. The third kappa shape index (κ3) is 3.21. The molecule has 0 unspecified atom stereocenters. The van der Waals surface area contributed by atoms with Gasteiger partial charge in [-0.15, -0.1) is 0 Å². The van der Waals surface area contributed by atoms with E-state index in [-0.39, 0.29) is 11.4 Å². The zero-order valence-corrected chi connectivity index (χ0v) is 12.9. The molecule has 0 radical (unpaired) electrons. The second kappa shape index (κ2) is 6.41. The molecule has 0 saturated heterocycles. The molecule has 1 aliphatic rings. The molecule has 1 heterocycles. The summed E-state index contributed by atoms with van der Waals surface area (Å²) in [5.41, 5.74) is 0.736. The van der Waals surface area contributed by atoms with Gasteiger partial charge in [0.25, 0.3) is 0 Å². The lowest BCUT2D eigenvalue weighted by molar-refractivity contribution is 0.347. The molecule has 0 bridgehead atoms. The number of hydrogen-bond donors (Lipinski definition) is 0. The molecular weight excluding hydrogens is 296 g/mol. The molecule has 3 rings (SSSR count). The van der Waals surface area contributed by atoms with Gasteiger partial charge in [0, 0.05) is 18.0 Å². The van der Waals surface area contributed by atoms with Crippen molar-refractivity contribution in [3.05, 3.63) is 47.3 Å². The van der Waals surface area contributed by atoms with Crippen LogP contribution in [0.5, 0.6) is 0 Å². The number of benzene rings is 1. The average molecular weight is 313 g/mol. The zero-order chi connectivity index (χ0) is 16.4. The fourth-order valence-electron chi connectivity index (χ4n) is 3.10. The van der Waals surface area contributed by atoms with Gasteiger partial charge in [-0.3, -0.25) is 0 Å². The molecule has 1 fully saturated rings. The Kier molecular flexibility index (Phi) is 4.33. The van der Waals surface area contributed by atoms with E-state index in [1.165, 1.54) is 18.9 Å². The summed E-state index contributed by atoms with van der Waals surface area (Å²) in [6.45, 7) is 2.27. The molecule has 1 saturated carbocycles. The fourth-order valence-corrected chi connectivity index (χ4v) is 3.10.